The molecule has 1 aromatic heterocycles. The number of nitrogens with one attached hydrogen (secondary N) is 1. The van der Waals surface area contributed by atoms with Gasteiger partial charge in [0.25, 0.3) is 0 Å². The third-order valence-electron chi connectivity index (χ3n) is 3.89. The van der Waals surface area contributed by atoms with Crippen LogP contribution in [-0.2, 0) is 0 Å². The van der Waals surface area contributed by atoms with Crippen molar-refractivity contribution in [3.05, 3.63) is 88.7 Å². The first-order chi connectivity index (χ1) is 12.0. The van der Waals surface area contributed by atoms with E-state index >= 15 is 0 Å². The molecule has 0 bridgehead atoms. The van der Waals surface area contributed by atoms with Gasteiger partial charge in [-0.05, 0) is 86.0 Å². The quantitative estimate of drug-likeness (QED) is 0.430. The Morgan fingerprint density at radius 3 is 1.96 bits per heavy atom. The summed E-state index contributed by atoms with van der Waals surface area (Å²) >= 11 is 0. The number of benzene rings is 2. The molecule has 1 heterocycles. The van der Waals surface area contributed by atoms with E-state index in [1.807, 2.05) is 57.4 Å². The lowest BCUT2D eigenvalue weighted by Gasteiger charge is -2.09. The summed E-state index contributed by atoms with van der Waals surface area (Å²) in [4.78, 5) is 25.5. The Morgan fingerprint density at radius 2 is 1.52 bits per heavy atom. The van der Waals surface area contributed by atoms with Gasteiger partial charge in [0.05, 0.1) is 5.56 Å². The maximum Gasteiger partial charge on any atom is 0.343 e. The van der Waals surface area contributed by atoms with Crippen LogP contribution in [0.3, 0.4) is 0 Å². The molecule has 0 saturated carbocycles. The van der Waals surface area contributed by atoms with Gasteiger partial charge in [-0.2, -0.15) is 0 Å². The predicted octanol–water partition coefficient (Wildman–Crippen LogP) is 4.66. The molecule has 0 fully saturated rings. The SMILES string of the molecule is Cc1cc(C(=O)Oc2ccc(C=O)cc2)cc(C)c1C.c1cc[nH]c1. The molecule has 1 N–H and O–H groups in total. The van der Waals surface area contributed by atoms with E-state index in [4.69, 9.17) is 4.74 Å². The number of aromatic nitrogens is 1. The zero-order valence-corrected chi connectivity index (χ0v) is 14.6. The number of hydrogen-bond acceptors (Lipinski definition) is 3. The highest BCUT2D eigenvalue weighted by molar-refractivity contribution is 5.91. The second-order valence-electron chi connectivity index (χ2n) is 5.70. The van der Waals surface area contributed by atoms with Crippen molar-refractivity contribution in [2.45, 2.75) is 20.8 Å². The van der Waals surface area contributed by atoms with E-state index < -0.39 is 5.97 Å². The van der Waals surface area contributed by atoms with Crippen LogP contribution in [0.1, 0.15) is 37.4 Å². The van der Waals surface area contributed by atoms with Gasteiger partial charge in [-0.3, -0.25) is 4.79 Å². The van der Waals surface area contributed by atoms with Crippen molar-refractivity contribution in [3.63, 3.8) is 0 Å². The molecule has 4 nitrogen and oxygen atoms in total. The van der Waals surface area contributed by atoms with Gasteiger partial charge in [0, 0.05) is 18.0 Å². The molecule has 0 saturated heterocycles. The maximum atomic E-state index is 12.1. The fourth-order valence-corrected chi connectivity index (χ4v) is 2.21. The van der Waals surface area contributed by atoms with E-state index in [0.717, 1.165) is 17.4 Å². The third-order valence-corrected chi connectivity index (χ3v) is 3.89. The summed E-state index contributed by atoms with van der Waals surface area (Å²) in [5.74, 6) is 0.0338. The Hall–Kier alpha value is -3.14. The molecule has 0 unspecified atom stereocenters. The number of esters is 1. The van der Waals surface area contributed by atoms with Crippen molar-refractivity contribution in [2.75, 3.05) is 0 Å². The molecule has 0 spiro atoms. The Morgan fingerprint density at radius 1 is 0.960 bits per heavy atom. The topological polar surface area (TPSA) is 59.2 Å². The molecule has 4 heteroatoms. The van der Waals surface area contributed by atoms with Crippen LogP contribution in [0, 0.1) is 20.8 Å². The average Bonchev–Trinajstić information content (AvgIpc) is 3.20. The van der Waals surface area contributed by atoms with Crippen molar-refractivity contribution in [3.8, 4) is 5.75 Å². The molecule has 3 aromatic rings. The summed E-state index contributed by atoms with van der Waals surface area (Å²) in [7, 11) is 0. The molecule has 0 radical (unpaired) electrons. The molecular weight excluding hydrogens is 314 g/mol. The van der Waals surface area contributed by atoms with Gasteiger partial charge in [-0.15, -0.1) is 0 Å². The second-order valence-corrected chi connectivity index (χ2v) is 5.70. The summed E-state index contributed by atoms with van der Waals surface area (Å²) in [5, 5.41) is 0. The van der Waals surface area contributed by atoms with E-state index in [0.29, 0.717) is 16.9 Å². The molecule has 0 atom stereocenters. The summed E-state index contributed by atoms with van der Waals surface area (Å²) < 4.78 is 5.29. The lowest BCUT2D eigenvalue weighted by atomic mass is 10.0. The van der Waals surface area contributed by atoms with Crippen molar-refractivity contribution < 1.29 is 14.3 Å². The van der Waals surface area contributed by atoms with Gasteiger partial charge in [-0.1, -0.05) is 0 Å². The highest BCUT2D eigenvalue weighted by Gasteiger charge is 2.11. The van der Waals surface area contributed by atoms with Crippen molar-refractivity contribution in [1.82, 2.24) is 4.98 Å². The molecule has 0 aliphatic rings. The number of H-pyrrole nitrogens is 1. The van der Waals surface area contributed by atoms with Crippen molar-refractivity contribution >= 4 is 12.3 Å². The van der Waals surface area contributed by atoms with E-state index in [1.54, 1.807) is 24.3 Å². The van der Waals surface area contributed by atoms with Gasteiger partial charge in [0.1, 0.15) is 12.0 Å². The largest absolute Gasteiger partial charge is 0.423 e. The summed E-state index contributed by atoms with van der Waals surface area (Å²) in [6, 6.07) is 14.0. The number of ether oxygens (including phenoxy) is 1. The lowest BCUT2D eigenvalue weighted by Crippen LogP contribution is -2.09. The number of hydrogen-bond donors (Lipinski definition) is 1. The van der Waals surface area contributed by atoms with Crippen LogP contribution in [0.4, 0.5) is 0 Å². The standard InChI is InChI=1S/C17H16O3.C4H5N/c1-11-8-15(9-12(2)13(11)3)17(19)20-16-6-4-14(10-18)5-7-16;1-2-4-5-3-1/h4-10H,1-3H3;1-5H. The minimum Gasteiger partial charge on any atom is -0.423 e. The zero-order chi connectivity index (χ0) is 18.2. The Labute approximate surface area is 147 Å². The van der Waals surface area contributed by atoms with Gasteiger partial charge >= 0.3 is 5.97 Å². The van der Waals surface area contributed by atoms with E-state index in [-0.39, 0.29) is 0 Å². The number of carbonyl (C=O) groups excluding carboxylic acids is 2. The Bertz CT molecular complexity index is 794. The fourth-order valence-electron chi connectivity index (χ4n) is 2.21. The first-order valence-corrected chi connectivity index (χ1v) is 7.94. The number of carbonyl (C=O) groups is 2. The highest BCUT2D eigenvalue weighted by Crippen LogP contribution is 2.18. The van der Waals surface area contributed by atoms with Gasteiger partial charge in [0.15, 0.2) is 0 Å². The molecule has 0 amide bonds. The van der Waals surface area contributed by atoms with Gasteiger partial charge < -0.3 is 9.72 Å². The number of aldehydes is 1. The molecule has 0 aliphatic heterocycles. The number of rotatable bonds is 3. The van der Waals surface area contributed by atoms with E-state index in [9.17, 15) is 9.59 Å². The van der Waals surface area contributed by atoms with E-state index in [2.05, 4.69) is 4.98 Å². The Kier molecular flexibility index (Phi) is 6.29. The predicted molar refractivity (Wildman–Crippen MR) is 98.2 cm³/mol. The van der Waals surface area contributed by atoms with Crippen molar-refractivity contribution in [1.29, 1.82) is 0 Å². The van der Waals surface area contributed by atoms with Crippen LogP contribution >= 0.6 is 0 Å². The highest BCUT2D eigenvalue weighted by atomic mass is 16.5. The smallest absolute Gasteiger partial charge is 0.343 e. The van der Waals surface area contributed by atoms with Crippen LogP contribution in [0.15, 0.2) is 60.9 Å². The maximum absolute atomic E-state index is 12.1. The molecular formula is C21H21NO3. The summed E-state index contributed by atoms with van der Waals surface area (Å²) in [6.45, 7) is 5.97. The van der Waals surface area contributed by atoms with Crippen LogP contribution in [0.2, 0.25) is 0 Å². The van der Waals surface area contributed by atoms with Crippen LogP contribution in [-0.4, -0.2) is 17.2 Å². The van der Waals surface area contributed by atoms with Crippen LogP contribution < -0.4 is 4.74 Å². The van der Waals surface area contributed by atoms with Crippen LogP contribution in [0.25, 0.3) is 0 Å². The minimum atomic E-state index is -0.393. The number of aromatic amines is 1. The second kappa shape index (κ2) is 8.64. The van der Waals surface area contributed by atoms with Crippen LogP contribution in [0.5, 0.6) is 5.75 Å². The van der Waals surface area contributed by atoms with E-state index in [1.165, 1.54) is 5.56 Å². The first kappa shape index (κ1) is 18.2. The average molecular weight is 335 g/mol. The molecule has 25 heavy (non-hydrogen) atoms. The summed E-state index contributed by atoms with van der Waals surface area (Å²) in [5.41, 5.74) is 4.38. The third kappa shape index (κ3) is 5.18. The molecule has 2 aromatic carbocycles. The van der Waals surface area contributed by atoms with Gasteiger partial charge in [-0.25, -0.2) is 4.79 Å². The molecule has 128 valence electrons. The van der Waals surface area contributed by atoms with Gasteiger partial charge in [0.2, 0.25) is 0 Å². The minimum absolute atomic E-state index is 0.393. The summed E-state index contributed by atoms with van der Waals surface area (Å²) in [6.07, 6.45) is 4.50. The first-order valence-electron chi connectivity index (χ1n) is 7.94. The molecule has 3 rings (SSSR count). The normalized spacial score (nSPS) is 9.72. The van der Waals surface area contributed by atoms with Crippen molar-refractivity contribution in [2.24, 2.45) is 0 Å². The molecule has 0 aliphatic carbocycles. The monoisotopic (exact) mass is 335 g/mol. The lowest BCUT2D eigenvalue weighted by molar-refractivity contribution is 0.0734. The number of aryl methyl sites for hydroxylation is 2. The fraction of sp³-hybridized carbons (Fsp3) is 0.143. The zero-order valence-electron chi connectivity index (χ0n) is 14.6. The Balaban J connectivity index is 0.000000386.